The van der Waals surface area contributed by atoms with Gasteiger partial charge in [0.15, 0.2) is 0 Å². The van der Waals surface area contributed by atoms with Crippen LogP contribution in [0.15, 0.2) is 48.5 Å². The molecule has 1 N–H and O–H groups in total. The second kappa shape index (κ2) is 6.38. The highest BCUT2D eigenvalue weighted by Gasteiger charge is 2.03. The van der Waals surface area contributed by atoms with Gasteiger partial charge in [-0.2, -0.15) is 0 Å². The summed E-state index contributed by atoms with van der Waals surface area (Å²) < 4.78 is 5.63. The first kappa shape index (κ1) is 12.9. The van der Waals surface area contributed by atoms with Crippen LogP contribution >= 0.6 is 0 Å². The van der Waals surface area contributed by atoms with Gasteiger partial charge in [-0.15, -0.1) is 0 Å². The van der Waals surface area contributed by atoms with Crippen LogP contribution in [0, 0.1) is 6.07 Å². The molecule has 1 atom stereocenters. The third-order valence-electron chi connectivity index (χ3n) is 2.86. The van der Waals surface area contributed by atoms with Crippen molar-refractivity contribution >= 4 is 12.9 Å². The van der Waals surface area contributed by atoms with E-state index in [1.54, 1.807) is 0 Å². The SMILES string of the molecule is CNC(C)OBc1[c]ccc(-c2ccccc2)c1. The van der Waals surface area contributed by atoms with E-state index in [9.17, 15) is 0 Å². The fourth-order valence-electron chi connectivity index (χ4n) is 1.71. The summed E-state index contributed by atoms with van der Waals surface area (Å²) in [6.07, 6.45) is 0.0544. The van der Waals surface area contributed by atoms with Crippen molar-refractivity contribution in [1.82, 2.24) is 5.32 Å². The molecule has 0 aromatic heterocycles. The van der Waals surface area contributed by atoms with Gasteiger partial charge in [0.2, 0.25) is 0 Å². The molecule has 0 aliphatic carbocycles. The van der Waals surface area contributed by atoms with Crippen molar-refractivity contribution in [1.29, 1.82) is 0 Å². The molecule has 0 aliphatic heterocycles. The van der Waals surface area contributed by atoms with E-state index in [1.165, 1.54) is 11.1 Å². The average Bonchev–Trinajstić information content (AvgIpc) is 2.46. The van der Waals surface area contributed by atoms with E-state index in [-0.39, 0.29) is 6.23 Å². The molecule has 2 rings (SSSR count). The molecule has 0 saturated heterocycles. The maximum Gasteiger partial charge on any atom is 0.311 e. The molecule has 1 radical (unpaired) electrons. The summed E-state index contributed by atoms with van der Waals surface area (Å²) in [6.45, 7) is 1.99. The van der Waals surface area contributed by atoms with Crippen LogP contribution in [0.4, 0.5) is 0 Å². The lowest BCUT2D eigenvalue weighted by Crippen LogP contribution is -2.30. The number of hydrogen-bond donors (Lipinski definition) is 1. The Morgan fingerprint density at radius 3 is 2.67 bits per heavy atom. The number of rotatable bonds is 5. The molecule has 0 saturated carbocycles. The molecule has 0 bridgehead atoms. The van der Waals surface area contributed by atoms with E-state index in [4.69, 9.17) is 4.65 Å². The minimum Gasteiger partial charge on any atom is -0.420 e. The zero-order chi connectivity index (χ0) is 12.8. The molecule has 0 amide bonds. The molecular formula is C15H17BNO. The van der Waals surface area contributed by atoms with Gasteiger partial charge < -0.3 is 4.65 Å². The van der Waals surface area contributed by atoms with Gasteiger partial charge >= 0.3 is 7.48 Å². The van der Waals surface area contributed by atoms with Gasteiger partial charge in [-0.05, 0) is 36.6 Å². The van der Waals surface area contributed by atoms with Crippen LogP contribution < -0.4 is 10.8 Å². The summed E-state index contributed by atoms with van der Waals surface area (Å²) >= 11 is 0. The minimum absolute atomic E-state index is 0.0544. The Morgan fingerprint density at radius 2 is 1.94 bits per heavy atom. The van der Waals surface area contributed by atoms with Crippen molar-refractivity contribution in [2.24, 2.45) is 0 Å². The molecule has 0 aliphatic rings. The average molecular weight is 238 g/mol. The minimum atomic E-state index is 0.0544. The van der Waals surface area contributed by atoms with Gasteiger partial charge in [-0.25, -0.2) is 0 Å². The summed E-state index contributed by atoms with van der Waals surface area (Å²) in [6, 6.07) is 19.7. The van der Waals surface area contributed by atoms with Crippen LogP contribution in [0.3, 0.4) is 0 Å². The molecular weight excluding hydrogens is 221 g/mol. The lowest BCUT2D eigenvalue weighted by Gasteiger charge is -2.11. The van der Waals surface area contributed by atoms with Crippen LogP contribution in [0.2, 0.25) is 0 Å². The van der Waals surface area contributed by atoms with E-state index in [0.29, 0.717) is 7.48 Å². The van der Waals surface area contributed by atoms with Gasteiger partial charge in [0.1, 0.15) is 0 Å². The predicted molar refractivity (Wildman–Crippen MR) is 77.1 cm³/mol. The van der Waals surface area contributed by atoms with Gasteiger partial charge in [-0.3, -0.25) is 5.32 Å². The van der Waals surface area contributed by atoms with Crippen LogP contribution in [-0.4, -0.2) is 20.8 Å². The Hall–Kier alpha value is -1.58. The molecule has 18 heavy (non-hydrogen) atoms. The second-order valence-corrected chi connectivity index (χ2v) is 4.21. The zero-order valence-corrected chi connectivity index (χ0v) is 10.8. The topological polar surface area (TPSA) is 21.3 Å². The highest BCUT2D eigenvalue weighted by atomic mass is 16.5. The van der Waals surface area contributed by atoms with Gasteiger partial charge in [-0.1, -0.05) is 48.5 Å². The van der Waals surface area contributed by atoms with Crippen LogP contribution in [-0.2, 0) is 4.65 Å². The fraction of sp³-hybridized carbons (Fsp3) is 0.200. The maximum atomic E-state index is 5.63. The monoisotopic (exact) mass is 238 g/mol. The number of benzene rings is 2. The second-order valence-electron chi connectivity index (χ2n) is 4.21. The Balaban J connectivity index is 2.11. The fourth-order valence-corrected chi connectivity index (χ4v) is 1.71. The summed E-state index contributed by atoms with van der Waals surface area (Å²) in [5, 5.41) is 3.05. The first-order valence-corrected chi connectivity index (χ1v) is 6.14. The molecule has 91 valence electrons. The van der Waals surface area contributed by atoms with E-state index in [1.807, 2.05) is 38.2 Å². The molecule has 2 aromatic carbocycles. The van der Waals surface area contributed by atoms with Crippen molar-refractivity contribution in [3.8, 4) is 11.1 Å². The lowest BCUT2D eigenvalue weighted by atomic mass is 9.86. The largest absolute Gasteiger partial charge is 0.420 e. The highest BCUT2D eigenvalue weighted by molar-refractivity contribution is 6.47. The summed E-state index contributed by atoms with van der Waals surface area (Å²) in [4.78, 5) is 0. The smallest absolute Gasteiger partial charge is 0.311 e. The molecule has 0 fully saturated rings. The van der Waals surface area contributed by atoms with E-state index in [0.717, 1.165) is 5.46 Å². The van der Waals surface area contributed by atoms with Gasteiger partial charge in [0, 0.05) is 0 Å². The summed E-state index contributed by atoms with van der Waals surface area (Å²) in [5.74, 6) is 0. The summed E-state index contributed by atoms with van der Waals surface area (Å²) in [7, 11) is 2.46. The molecule has 0 spiro atoms. The van der Waals surface area contributed by atoms with Gasteiger partial charge in [0.25, 0.3) is 0 Å². The van der Waals surface area contributed by atoms with Crippen molar-refractivity contribution < 1.29 is 4.65 Å². The van der Waals surface area contributed by atoms with Gasteiger partial charge in [0.05, 0.1) is 6.23 Å². The van der Waals surface area contributed by atoms with Crippen LogP contribution in [0.5, 0.6) is 0 Å². The zero-order valence-electron chi connectivity index (χ0n) is 10.8. The van der Waals surface area contributed by atoms with Crippen molar-refractivity contribution in [3.63, 3.8) is 0 Å². The Kier molecular flexibility index (Phi) is 4.56. The number of hydrogen-bond acceptors (Lipinski definition) is 2. The third kappa shape index (κ3) is 3.46. The third-order valence-corrected chi connectivity index (χ3v) is 2.86. The lowest BCUT2D eigenvalue weighted by molar-refractivity contribution is 0.207. The Labute approximate surface area is 109 Å². The molecule has 2 nitrogen and oxygen atoms in total. The molecule has 2 aromatic rings. The van der Waals surface area contributed by atoms with E-state index < -0.39 is 0 Å². The normalized spacial score (nSPS) is 12.1. The highest BCUT2D eigenvalue weighted by Crippen LogP contribution is 2.16. The maximum absolute atomic E-state index is 5.63. The first-order valence-electron chi connectivity index (χ1n) is 6.14. The predicted octanol–water partition coefficient (Wildman–Crippen LogP) is 1.71. The van der Waals surface area contributed by atoms with E-state index >= 15 is 0 Å². The van der Waals surface area contributed by atoms with Crippen molar-refractivity contribution in [3.05, 3.63) is 54.6 Å². The molecule has 1 unspecified atom stereocenters. The van der Waals surface area contributed by atoms with Crippen LogP contribution in [0.25, 0.3) is 11.1 Å². The number of nitrogens with one attached hydrogen (secondary N) is 1. The molecule has 0 heterocycles. The van der Waals surface area contributed by atoms with E-state index in [2.05, 4.69) is 35.6 Å². The summed E-state index contributed by atoms with van der Waals surface area (Å²) in [5.41, 5.74) is 3.48. The van der Waals surface area contributed by atoms with Crippen molar-refractivity contribution in [2.45, 2.75) is 13.2 Å². The Bertz CT molecular complexity index is 487. The first-order chi connectivity index (χ1) is 8.79. The molecule has 3 heteroatoms. The quantitative estimate of drug-likeness (QED) is 0.632. The van der Waals surface area contributed by atoms with Crippen molar-refractivity contribution in [2.75, 3.05) is 7.05 Å². The van der Waals surface area contributed by atoms with Crippen LogP contribution in [0.1, 0.15) is 6.92 Å². The standard InChI is InChI=1S/C15H17BNO/c1-12(17-2)18-16-15-10-6-9-14(11-15)13-7-4-3-5-8-13/h3-9,11-12,16-17H,1-2H3. The Morgan fingerprint density at radius 1 is 1.17 bits per heavy atom.